The lowest BCUT2D eigenvalue weighted by atomic mass is 10.2. The first-order valence-corrected chi connectivity index (χ1v) is 6.20. The predicted octanol–water partition coefficient (Wildman–Crippen LogP) is 3.46. The van der Waals surface area contributed by atoms with Gasteiger partial charge in [0.25, 0.3) is 0 Å². The molecule has 0 amide bonds. The Labute approximate surface area is 97.0 Å². The van der Waals surface area contributed by atoms with Gasteiger partial charge in [0.05, 0.1) is 0 Å². The van der Waals surface area contributed by atoms with Crippen LogP contribution in [0.25, 0.3) is 0 Å². The van der Waals surface area contributed by atoms with Crippen molar-refractivity contribution in [1.29, 1.82) is 0 Å². The highest BCUT2D eigenvalue weighted by Crippen LogP contribution is 2.18. The quantitative estimate of drug-likeness (QED) is 0.603. The molecule has 0 bridgehead atoms. The Kier molecular flexibility index (Phi) is 5.51. The topological polar surface area (TPSA) is 12.0 Å². The van der Waals surface area contributed by atoms with Gasteiger partial charge in [-0.25, -0.2) is 0 Å². The van der Waals surface area contributed by atoms with E-state index < -0.39 is 0 Å². The standard InChI is InChI=1S/C13H19NS/c1-11(2)8-9-15-13-6-4-12(5-7-13)10-14-3/h4-8,14H,9-10H2,1-3H3. The van der Waals surface area contributed by atoms with Crippen LogP contribution in [0.5, 0.6) is 0 Å². The third-order valence-corrected chi connectivity index (χ3v) is 2.98. The van der Waals surface area contributed by atoms with E-state index in [1.165, 1.54) is 16.0 Å². The van der Waals surface area contributed by atoms with Crippen molar-refractivity contribution < 1.29 is 0 Å². The molecule has 1 rings (SSSR count). The Morgan fingerprint density at radius 2 is 1.93 bits per heavy atom. The number of hydrogen-bond acceptors (Lipinski definition) is 2. The average molecular weight is 221 g/mol. The highest BCUT2D eigenvalue weighted by atomic mass is 32.2. The van der Waals surface area contributed by atoms with E-state index >= 15 is 0 Å². The Hall–Kier alpha value is -0.730. The molecule has 0 heterocycles. The van der Waals surface area contributed by atoms with Gasteiger partial charge in [0.15, 0.2) is 0 Å². The lowest BCUT2D eigenvalue weighted by molar-refractivity contribution is 0.817. The summed E-state index contributed by atoms with van der Waals surface area (Å²) in [5, 5.41) is 3.15. The van der Waals surface area contributed by atoms with Crippen molar-refractivity contribution in [2.24, 2.45) is 0 Å². The Balaban J connectivity index is 2.46. The smallest absolute Gasteiger partial charge is 0.0202 e. The number of rotatable bonds is 5. The normalized spacial score (nSPS) is 10.1. The number of nitrogens with one attached hydrogen (secondary N) is 1. The molecule has 15 heavy (non-hydrogen) atoms. The van der Waals surface area contributed by atoms with Crippen LogP contribution in [0, 0.1) is 0 Å². The molecular formula is C13H19NS. The summed E-state index contributed by atoms with van der Waals surface area (Å²) in [7, 11) is 1.97. The van der Waals surface area contributed by atoms with Crippen LogP contribution >= 0.6 is 11.8 Å². The first kappa shape index (κ1) is 12.3. The zero-order chi connectivity index (χ0) is 11.1. The molecule has 0 aliphatic heterocycles. The van der Waals surface area contributed by atoms with Crippen LogP contribution in [0.1, 0.15) is 19.4 Å². The molecule has 0 aliphatic rings. The second kappa shape index (κ2) is 6.70. The maximum atomic E-state index is 3.15. The van der Waals surface area contributed by atoms with E-state index in [-0.39, 0.29) is 0 Å². The van der Waals surface area contributed by atoms with Gasteiger partial charge in [-0.15, -0.1) is 11.8 Å². The molecule has 82 valence electrons. The molecule has 0 radical (unpaired) electrons. The highest BCUT2D eigenvalue weighted by Gasteiger charge is 1.93. The van der Waals surface area contributed by atoms with Crippen LogP contribution in [0.3, 0.4) is 0 Å². The number of hydrogen-bond donors (Lipinski definition) is 1. The van der Waals surface area contributed by atoms with E-state index in [0.717, 1.165) is 12.3 Å². The van der Waals surface area contributed by atoms with Crippen molar-refractivity contribution in [2.75, 3.05) is 12.8 Å². The van der Waals surface area contributed by atoms with E-state index in [2.05, 4.69) is 49.5 Å². The number of thioether (sulfide) groups is 1. The second-order valence-electron chi connectivity index (χ2n) is 3.77. The van der Waals surface area contributed by atoms with Crippen molar-refractivity contribution in [3.8, 4) is 0 Å². The van der Waals surface area contributed by atoms with Gasteiger partial charge in [0, 0.05) is 17.2 Å². The summed E-state index contributed by atoms with van der Waals surface area (Å²) < 4.78 is 0. The lowest BCUT2D eigenvalue weighted by Gasteiger charge is -2.02. The molecule has 0 aliphatic carbocycles. The fraction of sp³-hybridized carbons (Fsp3) is 0.385. The minimum atomic E-state index is 0.943. The summed E-state index contributed by atoms with van der Waals surface area (Å²) in [6, 6.07) is 8.75. The molecule has 0 fully saturated rings. The van der Waals surface area contributed by atoms with Crippen molar-refractivity contribution in [3.63, 3.8) is 0 Å². The SMILES string of the molecule is CNCc1ccc(SCC=C(C)C)cc1. The van der Waals surface area contributed by atoms with Crippen LogP contribution in [0.4, 0.5) is 0 Å². The zero-order valence-electron chi connectivity index (χ0n) is 9.71. The van der Waals surface area contributed by atoms with E-state index in [0.29, 0.717) is 0 Å². The van der Waals surface area contributed by atoms with E-state index in [1.54, 1.807) is 0 Å². The molecule has 2 heteroatoms. The van der Waals surface area contributed by atoms with Crippen LogP contribution < -0.4 is 5.32 Å². The minimum Gasteiger partial charge on any atom is -0.316 e. The van der Waals surface area contributed by atoms with E-state index in [4.69, 9.17) is 0 Å². The van der Waals surface area contributed by atoms with E-state index in [1.807, 2.05) is 18.8 Å². The van der Waals surface area contributed by atoms with Gasteiger partial charge in [0.1, 0.15) is 0 Å². The molecule has 0 unspecified atom stereocenters. The van der Waals surface area contributed by atoms with Crippen molar-refractivity contribution in [1.82, 2.24) is 5.32 Å². The lowest BCUT2D eigenvalue weighted by Crippen LogP contribution is -2.04. The van der Waals surface area contributed by atoms with Crippen LogP contribution in [-0.4, -0.2) is 12.8 Å². The summed E-state index contributed by atoms with van der Waals surface area (Å²) in [6.07, 6.45) is 2.26. The van der Waals surface area contributed by atoms with Crippen molar-refractivity contribution >= 4 is 11.8 Å². The average Bonchev–Trinajstić information content (AvgIpc) is 2.20. The third-order valence-electron chi connectivity index (χ3n) is 2.05. The summed E-state index contributed by atoms with van der Waals surface area (Å²) in [6.45, 7) is 5.21. The maximum absolute atomic E-state index is 3.15. The number of benzene rings is 1. The van der Waals surface area contributed by atoms with Crippen molar-refractivity contribution in [2.45, 2.75) is 25.3 Å². The fourth-order valence-corrected chi connectivity index (χ4v) is 2.15. The zero-order valence-corrected chi connectivity index (χ0v) is 10.5. The van der Waals surface area contributed by atoms with Gasteiger partial charge < -0.3 is 5.32 Å². The summed E-state index contributed by atoms with van der Waals surface area (Å²) >= 11 is 1.88. The molecule has 1 aromatic carbocycles. The molecule has 1 nitrogen and oxygen atoms in total. The predicted molar refractivity (Wildman–Crippen MR) is 69.4 cm³/mol. The van der Waals surface area contributed by atoms with Gasteiger partial charge in [0.2, 0.25) is 0 Å². The van der Waals surface area contributed by atoms with Gasteiger partial charge in [-0.3, -0.25) is 0 Å². The first-order chi connectivity index (χ1) is 7.22. The number of allylic oxidation sites excluding steroid dienone is 1. The molecule has 1 N–H and O–H groups in total. The molecule has 1 aromatic rings. The Morgan fingerprint density at radius 3 is 2.47 bits per heavy atom. The largest absolute Gasteiger partial charge is 0.316 e. The van der Waals surface area contributed by atoms with Crippen LogP contribution in [-0.2, 0) is 6.54 Å². The van der Waals surface area contributed by atoms with Gasteiger partial charge >= 0.3 is 0 Å². The van der Waals surface area contributed by atoms with Gasteiger partial charge in [-0.2, -0.15) is 0 Å². The maximum Gasteiger partial charge on any atom is 0.0202 e. The third kappa shape index (κ3) is 5.05. The monoisotopic (exact) mass is 221 g/mol. The van der Waals surface area contributed by atoms with Crippen molar-refractivity contribution in [3.05, 3.63) is 41.5 Å². The molecule has 0 spiro atoms. The Morgan fingerprint density at radius 1 is 1.27 bits per heavy atom. The molecule has 0 atom stereocenters. The Bertz CT molecular complexity index is 310. The molecular weight excluding hydrogens is 202 g/mol. The first-order valence-electron chi connectivity index (χ1n) is 5.22. The summed E-state index contributed by atoms with van der Waals surface area (Å²) in [5.41, 5.74) is 2.72. The van der Waals surface area contributed by atoms with E-state index in [9.17, 15) is 0 Å². The van der Waals surface area contributed by atoms with Gasteiger partial charge in [-0.05, 0) is 38.6 Å². The molecule has 0 saturated carbocycles. The van der Waals surface area contributed by atoms with Crippen LogP contribution in [0.15, 0.2) is 40.8 Å². The molecule has 0 saturated heterocycles. The highest BCUT2D eigenvalue weighted by molar-refractivity contribution is 7.99. The fourth-order valence-electron chi connectivity index (χ4n) is 1.21. The van der Waals surface area contributed by atoms with Crippen LogP contribution in [0.2, 0.25) is 0 Å². The molecule has 0 aromatic heterocycles. The second-order valence-corrected chi connectivity index (χ2v) is 4.86. The van der Waals surface area contributed by atoms with Gasteiger partial charge in [-0.1, -0.05) is 23.8 Å². The minimum absolute atomic E-state index is 0.943. The summed E-state index contributed by atoms with van der Waals surface area (Å²) in [4.78, 5) is 1.34. The summed E-state index contributed by atoms with van der Waals surface area (Å²) in [5.74, 6) is 1.06.